The second-order valence-electron chi connectivity index (χ2n) is 2.93. The van der Waals surface area contributed by atoms with E-state index in [9.17, 15) is 4.79 Å². The van der Waals surface area contributed by atoms with Gasteiger partial charge in [0.05, 0.1) is 19.3 Å². The summed E-state index contributed by atoms with van der Waals surface area (Å²) in [6.45, 7) is 4.67. The third kappa shape index (κ3) is 4.43. The lowest BCUT2D eigenvalue weighted by Crippen LogP contribution is -2.41. The van der Waals surface area contributed by atoms with Crippen molar-refractivity contribution >= 4 is 6.09 Å². The van der Waals surface area contributed by atoms with Crippen LogP contribution in [0.25, 0.3) is 0 Å². The Hall–Kier alpha value is -0.810. The molecule has 0 fully saturated rings. The van der Waals surface area contributed by atoms with Crippen molar-refractivity contribution in [1.29, 1.82) is 0 Å². The van der Waals surface area contributed by atoms with Gasteiger partial charge in [-0.05, 0) is 13.8 Å². The summed E-state index contributed by atoms with van der Waals surface area (Å²) in [6.07, 6.45) is -0.411. The van der Waals surface area contributed by atoms with Gasteiger partial charge in [0.1, 0.15) is 6.61 Å². The highest BCUT2D eigenvalue weighted by molar-refractivity contribution is 5.67. The summed E-state index contributed by atoms with van der Waals surface area (Å²) in [6, 6.07) is -0.0174. The van der Waals surface area contributed by atoms with Crippen molar-refractivity contribution in [3.05, 3.63) is 0 Å². The second-order valence-corrected chi connectivity index (χ2v) is 2.93. The van der Waals surface area contributed by atoms with E-state index in [0.29, 0.717) is 13.2 Å². The monoisotopic (exact) mass is 205 g/mol. The number of carbonyl (C=O) groups is 1. The second kappa shape index (κ2) is 7.58. The van der Waals surface area contributed by atoms with E-state index in [1.54, 1.807) is 12.0 Å². The van der Waals surface area contributed by atoms with Crippen LogP contribution in [0.1, 0.15) is 13.8 Å². The van der Waals surface area contributed by atoms with E-state index < -0.39 is 6.09 Å². The van der Waals surface area contributed by atoms with Gasteiger partial charge in [0.2, 0.25) is 0 Å². The van der Waals surface area contributed by atoms with Crippen molar-refractivity contribution in [3.63, 3.8) is 0 Å². The maximum Gasteiger partial charge on any atom is 0.410 e. The Morgan fingerprint density at radius 3 is 2.64 bits per heavy atom. The van der Waals surface area contributed by atoms with E-state index in [4.69, 9.17) is 14.6 Å². The minimum absolute atomic E-state index is 0.0174. The normalized spacial score (nSPS) is 12.3. The Morgan fingerprint density at radius 2 is 2.21 bits per heavy atom. The fourth-order valence-corrected chi connectivity index (χ4v) is 1.17. The predicted molar refractivity (Wildman–Crippen MR) is 52.2 cm³/mol. The van der Waals surface area contributed by atoms with Crippen molar-refractivity contribution in [2.75, 3.05) is 33.5 Å². The molecule has 0 radical (unpaired) electrons. The molecule has 0 spiro atoms. The number of nitrogens with zero attached hydrogens (tertiary/aromatic N) is 1. The van der Waals surface area contributed by atoms with Gasteiger partial charge in [-0.15, -0.1) is 0 Å². The van der Waals surface area contributed by atoms with Gasteiger partial charge in [0.15, 0.2) is 0 Å². The van der Waals surface area contributed by atoms with Crippen LogP contribution in [0.2, 0.25) is 0 Å². The van der Waals surface area contributed by atoms with Crippen LogP contribution in [0, 0.1) is 0 Å². The number of aliphatic hydroxyl groups excluding tert-OH is 1. The van der Waals surface area contributed by atoms with Crippen LogP contribution in [-0.4, -0.2) is 55.6 Å². The summed E-state index contributed by atoms with van der Waals surface area (Å²) in [5.41, 5.74) is 0. The minimum atomic E-state index is -0.411. The summed E-state index contributed by atoms with van der Waals surface area (Å²) in [5.74, 6) is 0. The van der Waals surface area contributed by atoms with E-state index in [1.807, 2.05) is 13.8 Å². The quantitative estimate of drug-likeness (QED) is 0.685. The summed E-state index contributed by atoms with van der Waals surface area (Å²) in [5, 5.41) is 8.49. The van der Waals surface area contributed by atoms with Gasteiger partial charge in [0.25, 0.3) is 0 Å². The maximum absolute atomic E-state index is 11.4. The van der Waals surface area contributed by atoms with Gasteiger partial charge in [-0.25, -0.2) is 4.79 Å². The van der Waals surface area contributed by atoms with Crippen molar-refractivity contribution in [1.82, 2.24) is 4.90 Å². The highest BCUT2D eigenvalue weighted by atomic mass is 16.6. The zero-order chi connectivity index (χ0) is 11.0. The molecule has 1 N–H and O–H groups in total. The number of hydrogen-bond acceptors (Lipinski definition) is 4. The van der Waals surface area contributed by atoms with Gasteiger partial charge in [-0.3, -0.25) is 0 Å². The highest BCUT2D eigenvalue weighted by Gasteiger charge is 2.19. The number of ether oxygens (including phenoxy) is 2. The molecule has 5 nitrogen and oxygen atoms in total. The van der Waals surface area contributed by atoms with Crippen molar-refractivity contribution in [2.24, 2.45) is 0 Å². The predicted octanol–water partition coefficient (Wildman–Crippen LogP) is 0.472. The first-order chi connectivity index (χ1) is 6.67. The first-order valence-electron chi connectivity index (χ1n) is 4.70. The van der Waals surface area contributed by atoms with Crippen LogP contribution in [-0.2, 0) is 9.47 Å². The SMILES string of the molecule is CCN(C(=O)OCCO)C(C)COC. The van der Waals surface area contributed by atoms with E-state index >= 15 is 0 Å². The van der Waals surface area contributed by atoms with Gasteiger partial charge >= 0.3 is 6.09 Å². The van der Waals surface area contributed by atoms with Crippen LogP contribution in [0.5, 0.6) is 0 Å². The third-order valence-electron chi connectivity index (χ3n) is 1.83. The topological polar surface area (TPSA) is 59.0 Å². The van der Waals surface area contributed by atoms with Crippen LogP contribution >= 0.6 is 0 Å². The standard InChI is InChI=1S/C9H19NO4/c1-4-10(8(2)7-13-3)9(12)14-6-5-11/h8,11H,4-7H2,1-3H3. The molecule has 0 aromatic rings. The number of likely N-dealkylation sites (N-methyl/N-ethyl adjacent to an activating group) is 1. The van der Waals surface area contributed by atoms with Gasteiger partial charge < -0.3 is 19.5 Å². The highest BCUT2D eigenvalue weighted by Crippen LogP contribution is 2.02. The molecule has 0 saturated carbocycles. The van der Waals surface area contributed by atoms with Gasteiger partial charge in [-0.2, -0.15) is 0 Å². The summed E-state index contributed by atoms with van der Waals surface area (Å²) >= 11 is 0. The van der Waals surface area contributed by atoms with Crippen LogP contribution in [0.15, 0.2) is 0 Å². The molecule has 0 saturated heterocycles. The molecule has 0 aromatic carbocycles. The maximum atomic E-state index is 11.4. The molecule has 0 aliphatic rings. The molecule has 5 heteroatoms. The molecule has 0 heterocycles. The minimum Gasteiger partial charge on any atom is -0.447 e. The number of aliphatic hydroxyl groups is 1. The number of rotatable bonds is 6. The number of amides is 1. The fourth-order valence-electron chi connectivity index (χ4n) is 1.17. The van der Waals surface area contributed by atoms with E-state index in [2.05, 4.69) is 0 Å². The smallest absolute Gasteiger partial charge is 0.410 e. The average Bonchev–Trinajstić information content (AvgIpc) is 2.16. The summed E-state index contributed by atoms with van der Waals surface area (Å²) in [4.78, 5) is 12.9. The van der Waals surface area contributed by atoms with E-state index in [0.717, 1.165) is 0 Å². The van der Waals surface area contributed by atoms with Crippen LogP contribution in [0.3, 0.4) is 0 Å². The largest absolute Gasteiger partial charge is 0.447 e. The number of hydrogen-bond donors (Lipinski definition) is 1. The average molecular weight is 205 g/mol. The summed E-state index contributed by atoms with van der Waals surface area (Å²) < 4.78 is 9.74. The lowest BCUT2D eigenvalue weighted by molar-refractivity contribution is 0.0558. The number of carbonyl (C=O) groups excluding carboxylic acids is 1. The molecule has 0 aromatic heterocycles. The first-order valence-corrected chi connectivity index (χ1v) is 4.70. The van der Waals surface area contributed by atoms with Crippen molar-refractivity contribution < 1.29 is 19.4 Å². The molecule has 0 aliphatic carbocycles. The summed E-state index contributed by atoms with van der Waals surface area (Å²) in [7, 11) is 1.59. The Balaban J connectivity index is 4.03. The molecule has 0 rings (SSSR count). The Bertz CT molecular complexity index is 163. The van der Waals surface area contributed by atoms with Crippen molar-refractivity contribution in [3.8, 4) is 0 Å². The molecule has 1 amide bonds. The molecule has 14 heavy (non-hydrogen) atoms. The zero-order valence-corrected chi connectivity index (χ0v) is 9.02. The van der Waals surface area contributed by atoms with Gasteiger partial charge in [0, 0.05) is 13.7 Å². The molecular weight excluding hydrogens is 186 g/mol. The van der Waals surface area contributed by atoms with Crippen LogP contribution in [0.4, 0.5) is 4.79 Å². The molecule has 0 aliphatic heterocycles. The Morgan fingerprint density at radius 1 is 1.57 bits per heavy atom. The zero-order valence-electron chi connectivity index (χ0n) is 9.02. The fraction of sp³-hybridized carbons (Fsp3) is 0.889. The Labute approximate surface area is 84.6 Å². The molecule has 1 unspecified atom stereocenters. The molecular formula is C9H19NO4. The number of methoxy groups -OCH3 is 1. The molecule has 84 valence electrons. The lowest BCUT2D eigenvalue weighted by Gasteiger charge is -2.26. The third-order valence-corrected chi connectivity index (χ3v) is 1.83. The van der Waals surface area contributed by atoms with Crippen molar-refractivity contribution in [2.45, 2.75) is 19.9 Å². The molecule has 1 atom stereocenters. The lowest BCUT2D eigenvalue weighted by atomic mass is 10.3. The van der Waals surface area contributed by atoms with Crippen LogP contribution < -0.4 is 0 Å². The Kier molecular flexibility index (Phi) is 7.14. The van der Waals surface area contributed by atoms with Gasteiger partial charge in [-0.1, -0.05) is 0 Å². The van der Waals surface area contributed by atoms with E-state index in [-0.39, 0.29) is 19.3 Å². The first kappa shape index (κ1) is 13.2. The van der Waals surface area contributed by atoms with E-state index in [1.165, 1.54) is 0 Å². The molecule has 0 bridgehead atoms.